The SMILES string of the molecule is O=C(Cn1cccc1C(=O)O)NCCc1ccco1. The minimum atomic E-state index is -1.05. The molecule has 2 N–H and O–H groups in total. The van der Waals surface area contributed by atoms with Gasteiger partial charge in [0.15, 0.2) is 0 Å². The first kappa shape index (κ1) is 12.9. The molecule has 0 fully saturated rings. The zero-order valence-electron chi connectivity index (χ0n) is 10.2. The summed E-state index contributed by atoms with van der Waals surface area (Å²) in [5.41, 5.74) is 0.0983. The lowest BCUT2D eigenvalue weighted by Gasteiger charge is -2.07. The average Bonchev–Trinajstić information content (AvgIpc) is 2.99. The lowest BCUT2D eigenvalue weighted by Crippen LogP contribution is -2.30. The Hall–Kier alpha value is -2.50. The molecule has 0 saturated carbocycles. The molecule has 0 spiro atoms. The second kappa shape index (κ2) is 5.90. The molecular weight excluding hydrogens is 248 g/mol. The van der Waals surface area contributed by atoms with E-state index in [0.29, 0.717) is 13.0 Å². The van der Waals surface area contributed by atoms with Gasteiger partial charge in [0.05, 0.1) is 6.26 Å². The van der Waals surface area contributed by atoms with Crippen molar-refractivity contribution in [1.29, 1.82) is 0 Å². The van der Waals surface area contributed by atoms with Crippen LogP contribution in [0.25, 0.3) is 0 Å². The van der Waals surface area contributed by atoms with Gasteiger partial charge in [-0.25, -0.2) is 4.79 Å². The van der Waals surface area contributed by atoms with Crippen molar-refractivity contribution in [2.24, 2.45) is 0 Å². The highest BCUT2D eigenvalue weighted by Gasteiger charge is 2.11. The molecule has 2 rings (SSSR count). The van der Waals surface area contributed by atoms with Crippen molar-refractivity contribution in [1.82, 2.24) is 9.88 Å². The number of nitrogens with one attached hydrogen (secondary N) is 1. The Morgan fingerprint density at radius 1 is 1.32 bits per heavy atom. The van der Waals surface area contributed by atoms with Crippen LogP contribution in [0.15, 0.2) is 41.1 Å². The van der Waals surface area contributed by atoms with Crippen LogP contribution in [0.3, 0.4) is 0 Å². The molecule has 0 aliphatic carbocycles. The molecule has 1 amide bonds. The van der Waals surface area contributed by atoms with Crippen LogP contribution in [0.5, 0.6) is 0 Å². The maximum Gasteiger partial charge on any atom is 0.352 e. The number of carbonyl (C=O) groups is 2. The van der Waals surface area contributed by atoms with Crippen molar-refractivity contribution in [2.75, 3.05) is 6.54 Å². The third-order valence-electron chi connectivity index (χ3n) is 2.64. The summed E-state index contributed by atoms with van der Waals surface area (Å²) < 4.78 is 6.53. The quantitative estimate of drug-likeness (QED) is 0.817. The Bertz CT molecular complexity index is 557. The zero-order chi connectivity index (χ0) is 13.7. The average molecular weight is 262 g/mol. The lowest BCUT2D eigenvalue weighted by molar-refractivity contribution is -0.121. The zero-order valence-corrected chi connectivity index (χ0v) is 10.2. The van der Waals surface area contributed by atoms with Crippen LogP contribution in [0.4, 0.5) is 0 Å². The Morgan fingerprint density at radius 3 is 2.84 bits per heavy atom. The van der Waals surface area contributed by atoms with E-state index in [1.165, 1.54) is 10.6 Å². The second-order valence-electron chi connectivity index (χ2n) is 4.01. The van der Waals surface area contributed by atoms with Gasteiger partial charge in [0.25, 0.3) is 0 Å². The maximum atomic E-state index is 11.7. The van der Waals surface area contributed by atoms with E-state index in [2.05, 4.69) is 5.32 Å². The van der Waals surface area contributed by atoms with E-state index < -0.39 is 5.97 Å². The summed E-state index contributed by atoms with van der Waals surface area (Å²) >= 11 is 0. The topological polar surface area (TPSA) is 84.5 Å². The summed E-state index contributed by atoms with van der Waals surface area (Å²) in [6.07, 6.45) is 3.75. The summed E-state index contributed by atoms with van der Waals surface area (Å²) in [5.74, 6) is -0.480. The highest BCUT2D eigenvalue weighted by Crippen LogP contribution is 2.02. The normalized spacial score (nSPS) is 10.3. The molecule has 0 aliphatic rings. The molecule has 0 radical (unpaired) electrons. The summed E-state index contributed by atoms with van der Waals surface area (Å²) in [6, 6.07) is 6.68. The Morgan fingerprint density at radius 2 is 2.16 bits per heavy atom. The Kier molecular flexibility index (Phi) is 4.02. The number of hydrogen-bond donors (Lipinski definition) is 2. The number of carboxylic acid groups (broad SMARTS) is 1. The molecule has 0 aromatic carbocycles. The first-order chi connectivity index (χ1) is 9.16. The van der Waals surface area contributed by atoms with Gasteiger partial charge in [-0.3, -0.25) is 4.79 Å². The molecule has 6 nitrogen and oxygen atoms in total. The molecular formula is C13H14N2O4. The minimum Gasteiger partial charge on any atom is -0.477 e. The van der Waals surface area contributed by atoms with E-state index in [1.807, 2.05) is 6.07 Å². The number of rotatable bonds is 6. The molecule has 2 aromatic rings. The van der Waals surface area contributed by atoms with Crippen LogP contribution in [-0.2, 0) is 17.8 Å². The largest absolute Gasteiger partial charge is 0.477 e. The van der Waals surface area contributed by atoms with Gasteiger partial charge >= 0.3 is 5.97 Å². The summed E-state index contributed by atoms with van der Waals surface area (Å²) in [7, 11) is 0. The standard InChI is InChI=1S/C13H14N2O4/c16-12(14-6-5-10-3-2-8-19-10)9-15-7-1-4-11(15)13(17)18/h1-4,7-8H,5-6,9H2,(H,14,16)(H,17,18). The van der Waals surface area contributed by atoms with Crippen molar-refractivity contribution < 1.29 is 19.1 Å². The van der Waals surface area contributed by atoms with E-state index in [-0.39, 0.29) is 18.1 Å². The Labute approximate surface area is 109 Å². The fraction of sp³-hybridized carbons (Fsp3) is 0.231. The number of aromatic carboxylic acids is 1. The fourth-order valence-electron chi connectivity index (χ4n) is 1.74. The molecule has 0 atom stereocenters. The first-order valence-electron chi connectivity index (χ1n) is 5.84. The van der Waals surface area contributed by atoms with E-state index in [4.69, 9.17) is 9.52 Å². The van der Waals surface area contributed by atoms with Gasteiger partial charge in [-0.05, 0) is 24.3 Å². The van der Waals surface area contributed by atoms with Crippen molar-refractivity contribution in [2.45, 2.75) is 13.0 Å². The molecule has 0 unspecified atom stereocenters. The lowest BCUT2D eigenvalue weighted by atomic mass is 10.3. The smallest absolute Gasteiger partial charge is 0.352 e. The number of nitrogens with zero attached hydrogens (tertiary/aromatic N) is 1. The van der Waals surface area contributed by atoms with Crippen LogP contribution in [0, 0.1) is 0 Å². The van der Waals surface area contributed by atoms with Gasteiger partial charge in [0.2, 0.25) is 5.91 Å². The van der Waals surface area contributed by atoms with Gasteiger partial charge in [-0.2, -0.15) is 0 Å². The first-order valence-corrected chi connectivity index (χ1v) is 5.84. The van der Waals surface area contributed by atoms with E-state index in [1.54, 1.807) is 24.6 Å². The highest BCUT2D eigenvalue weighted by molar-refractivity contribution is 5.86. The molecule has 100 valence electrons. The van der Waals surface area contributed by atoms with Crippen LogP contribution in [0.2, 0.25) is 0 Å². The highest BCUT2D eigenvalue weighted by atomic mass is 16.4. The molecule has 0 bridgehead atoms. The number of aromatic nitrogens is 1. The van der Waals surface area contributed by atoms with Crippen LogP contribution < -0.4 is 5.32 Å². The summed E-state index contributed by atoms with van der Waals surface area (Å²) in [6.45, 7) is 0.447. The third kappa shape index (κ3) is 3.48. The molecule has 2 heterocycles. The monoisotopic (exact) mass is 262 g/mol. The number of amides is 1. The van der Waals surface area contributed by atoms with Crippen molar-refractivity contribution in [3.63, 3.8) is 0 Å². The van der Waals surface area contributed by atoms with Crippen molar-refractivity contribution in [3.8, 4) is 0 Å². The van der Waals surface area contributed by atoms with Gasteiger partial charge in [0, 0.05) is 19.2 Å². The maximum absolute atomic E-state index is 11.7. The van der Waals surface area contributed by atoms with Gasteiger partial charge in [-0.15, -0.1) is 0 Å². The molecule has 19 heavy (non-hydrogen) atoms. The van der Waals surface area contributed by atoms with E-state index >= 15 is 0 Å². The number of carbonyl (C=O) groups excluding carboxylic acids is 1. The van der Waals surface area contributed by atoms with Crippen LogP contribution >= 0.6 is 0 Å². The number of carboxylic acids is 1. The van der Waals surface area contributed by atoms with Crippen molar-refractivity contribution in [3.05, 3.63) is 48.2 Å². The predicted octanol–water partition coefficient (Wildman–Crippen LogP) is 1.14. The number of furan rings is 1. The van der Waals surface area contributed by atoms with E-state index in [0.717, 1.165) is 5.76 Å². The summed E-state index contributed by atoms with van der Waals surface area (Å²) in [5, 5.41) is 11.6. The van der Waals surface area contributed by atoms with Gasteiger partial charge in [-0.1, -0.05) is 0 Å². The molecule has 0 aliphatic heterocycles. The summed E-state index contributed by atoms with van der Waals surface area (Å²) in [4.78, 5) is 22.5. The fourth-order valence-corrected chi connectivity index (χ4v) is 1.74. The van der Waals surface area contributed by atoms with Crippen LogP contribution in [0.1, 0.15) is 16.2 Å². The predicted molar refractivity (Wildman–Crippen MR) is 66.8 cm³/mol. The molecule has 0 saturated heterocycles. The van der Waals surface area contributed by atoms with Crippen LogP contribution in [-0.4, -0.2) is 28.1 Å². The third-order valence-corrected chi connectivity index (χ3v) is 2.64. The van der Waals surface area contributed by atoms with Gasteiger partial charge in [0.1, 0.15) is 18.0 Å². The van der Waals surface area contributed by atoms with E-state index in [9.17, 15) is 9.59 Å². The molecule has 6 heteroatoms. The second-order valence-corrected chi connectivity index (χ2v) is 4.01. The van der Waals surface area contributed by atoms with Crippen molar-refractivity contribution >= 4 is 11.9 Å². The molecule has 2 aromatic heterocycles. The van der Waals surface area contributed by atoms with Gasteiger partial charge < -0.3 is 19.4 Å². The minimum absolute atomic E-state index is 0.00715. The Balaban J connectivity index is 1.81. The number of hydrogen-bond acceptors (Lipinski definition) is 3.